The Morgan fingerprint density at radius 3 is 2.44 bits per heavy atom. The van der Waals surface area contributed by atoms with E-state index < -0.39 is 0 Å². The second-order valence-electron chi connectivity index (χ2n) is 4.57. The summed E-state index contributed by atoms with van der Waals surface area (Å²) in [5, 5.41) is 12.6. The number of hydrogen-bond acceptors (Lipinski definition) is 3. The van der Waals surface area contributed by atoms with Crippen LogP contribution in [0.25, 0.3) is 0 Å². The monoisotopic (exact) mass is 242 g/mol. The van der Waals surface area contributed by atoms with Crippen LogP contribution < -0.4 is 5.32 Å². The molecule has 0 spiro atoms. The highest BCUT2D eigenvalue weighted by Crippen LogP contribution is 2.26. The molecule has 0 radical (unpaired) electrons. The van der Waals surface area contributed by atoms with Crippen molar-refractivity contribution in [1.29, 1.82) is 0 Å². The first-order chi connectivity index (χ1) is 8.61. The van der Waals surface area contributed by atoms with E-state index in [-0.39, 0.29) is 6.61 Å². The maximum atomic E-state index is 9.30. The van der Waals surface area contributed by atoms with Crippen LogP contribution in [0.5, 0.6) is 0 Å². The maximum absolute atomic E-state index is 9.30. The van der Waals surface area contributed by atoms with Crippen LogP contribution in [0.3, 0.4) is 0 Å². The zero-order chi connectivity index (χ0) is 13.1. The Labute approximate surface area is 108 Å². The summed E-state index contributed by atoms with van der Waals surface area (Å²) in [7, 11) is 0. The van der Waals surface area contributed by atoms with Crippen molar-refractivity contribution in [2.45, 2.75) is 27.4 Å². The van der Waals surface area contributed by atoms with Crippen LogP contribution in [0.1, 0.15) is 22.3 Å². The number of pyridine rings is 1. The molecule has 3 nitrogen and oxygen atoms in total. The molecule has 2 rings (SSSR count). The zero-order valence-corrected chi connectivity index (χ0v) is 11.0. The van der Waals surface area contributed by atoms with Crippen molar-refractivity contribution in [2.75, 3.05) is 5.32 Å². The van der Waals surface area contributed by atoms with Gasteiger partial charge in [0, 0.05) is 17.4 Å². The first-order valence-electron chi connectivity index (χ1n) is 6.01. The minimum atomic E-state index is -0.0138. The minimum absolute atomic E-state index is 0.0138. The molecule has 2 N–H and O–H groups in total. The molecule has 0 bridgehead atoms. The molecule has 0 unspecified atom stereocenters. The van der Waals surface area contributed by atoms with Crippen molar-refractivity contribution in [2.24, 2.45) is 0 Å². The predicted molar refractivity (Wildman–Crippen MR) is 74.1 cm³/mol. The lowest BCUT2D eigenvalue weighted by Gasteiger charge is -2.15. The van der Waals surface area contributed by atoms with E-state index in [1.54, 1.807) is 6.20 Å². The average molecular weight is 242 g/mol. The normalized spacial score (nSPS) is 10.4. The number of aliphatic hydroxyl groups excluding tert-OH is 1. The van der Waals surface area contributed by atoms with Gasteiger partial charge in [-0.2, -0.15) is 0 Å². The Morgan fingerprint density at radius 2 is 1.83 bits per heavy atom. The van der Waals surface area contributed by atoms with Gasteiger partial charge in [0.05, 0.1) is 6.61 Å². The van der Waals surface area contributed by atoms with Gasteiger partial charge in [-0.15, -0.1) is 0 Å². The van der Waals surface area contributed by atoms with E-state index in [9.17, 15) is 5.11 Å². The lowest BCUT2D eigenvalue weighted by molar-refractivity contribution is 0.282. The van der Waals surface area contributed by atoms with E-state index in [1.165, 1.54) is 16.7 Å². The average Bonchev–Trinajstić information content (AvgIpc) is 2.34. The number of nitrogens with zero attached hydrogens (tertiary/aromatic N) is 1. The molecule has 0 aliphatic carbocycles. The molecule has 0 fully saturated rings. The molecule has 0 amide bonds. The molecule has 0 saturated heterocycles. The highest BCUT2D eigenvalue weighted by atomic mass is 16.3. The minimum Gasteiger partial charge on any atom is -0.392 e. The Bertz CT molecular complexity index is 541. The SMILES string of the molecule is Cc1cc(C)c(Nc2ncccc2CO)c(C)c1. The number of benzene rings is 1. The van der Waals surface area contributed by atoms with Crippen molar-refractivity contribution < 1.29 is 5.11 Å². The summed E-state index contributed by atoms with van der Waals surface area (Å²) >= 11 is 0. The summed E-state index contributed by atoms with van der Waals surface area (Å²) in [5.74, 6) is 0.718. The second kappa shape index (κ2) is 5.19. The molecule has 0 aliphatic heterocycles. The Kier molecular flexibility index (Phi) is 3.63. The third-order valence-electron chi connectivity index (χ3n) is 2.98. The van der Waals surface area contributed by atoms with E-state index in [1.807, 2.05) is 12.1 Å². The van der Waals surface area contributed by atoms with Crippen LogP contribution in [0.15, 0.2) is 30.5 Å². The van der Waals surface area contributed by atoms with Crippen molar-refractivity contribution in [3.8, 4) is 0 Å². The number of nitrogens with one attached hydrogen (secondary N) is 1. The van der Waals surface area contributed by atoms with Crippen LogP contribution in [0.2, 0.25) is 0 Å². The van der Waals surface area contributed by atoms with Crippen LogP contribution in [0.4, 0.5) is 11.5 Å². The van der Waals surface area contributed by atoms with Crippen LogP contribution in [-0.2, 0) is 6.61 Å². The highest BCUT2D eigenvalue weighted by molar-refractivity contribution is 5.66. The quantitative estimate of drug-likeness (QED) is 0.868. The summed E-state index contributed by atoms with van der Waals surface area (Å²) in [6.07, 6.45) is 1.72. The number of anilines is 2. The lowest BCUT2D eigenvalue weighted by atomic mass is 10.0. The van der Waals surface area contributed by atoms with Gasteiger partial charge >= 0.3 is 0 Å². The van der Waals surface area contributed by atoms with Gasteiger partial charge in [0.15, 0.2) is 0 Å². The third-order valence-corrected chi connectivity index (χ3v) is 2.98. The molecular weight excluding hydrogens is 224 g/mol. The maximum Gasteiger partial charge on any atom is 0.135 e. The molecule has 0 saturated carbocycles. The standard InChI is InChI=1S/C15H18N2O/c1-10-7-11(2)14(12(3)8-10)17-15-13(9-18)5-4-6-16-15/h4-8,18H,9H2,1-3H3,(H,16,17). The fourth-order valence-electron chi connectivity index (χ4n) is 2.17. The summed E-state index contributed by atoms with van der Waals surface area (Å²) in [6, 6.07) is 7.97. The molecule has 1 heterocycles. The molecule has 0 atom stereocenters. The van der Waals surface area contributed by atoms with E-state index in [0.717, 1.165) is 17.1 Å². The van der Waals surface area contributed by atoms with Crippen LogP contribution in [-0.4, -0.2) is 10.1 Å². The molecule has 18 heavy (non-hydrogen) atoms. The molecule has 1 aromatic carbocycles. The van der Waals surface area contributed by atoms with Gasteiger partial charge in [0.25, 0.3) is 0 Å². The van der Waals surface area contributed by atoms with Gasteiger partial charge in [-0.05, 0) is 38.0 Å². The number of rotatable bonds is 3. The molecular formula is C15H18N2O. The number of aryl methyl sites for hydroxylation is 3. The van der Waals surface area contributed by atoms with E-state index in [2.05, 4.69) is 43.2 Å². The molecule has 2 aromatic rings. The molecule has 0 aliphatic rings. The Hall–Kier alpha value is -1.87. The van der Waals surface area contributed by atoms with Gasteiger partial charge in [-0.1, -0.05) is 23.8 Å². The topological polar surface area (TPSA) is 45.2 Å². The van der Waals surface area contributed by atoms with Crippen molar-refractivity contribution in [3.05, 3.63) is 52.7 Å². The summed E-state index contributed by atoms with van der Waals surface area (Å²) in [4.78, 5) is 4.28. The first-order valence-corrected chi connectivity index (χ1v) is 6.01. The highest BCUT2D eigenvalue weighted by Gasteiger charge is 2.07. The van der Waals surface area contributed by atoms with Gasteiger partial charge in [0.1, 0.15) is 5.82 Å². The largest absolute Gasteiger partial charge is 0.392 e. The van der Waals surface area contributed by atoms with Crippen LogP contribution >= 0.6 is 0 Å². The number of aromatic nitrogens is 1. The van der Waals surface area contributed by atoms with E-state index >= 15 is 0 Å². The molecule has 94 valence electrons. The zero-order valence-electron chi connectivity index (χ0n) is 11.0. The first kappa shape index (κ1) is 12.6. The van der Waals surface area contributed by atoms with Crippen molar-refractivity contribution in [1.82, 2.24) is 4.98 Å². The van der Waals surface area contributed by atoms with Crippen molar-refractivity contribution in [3.63, 3.8) is 0 Å². The lowest BCUT2D eigenvalue weighted by Crippen LogP contribution is -2.02. The fraction of sp³-hybridized carbons (Fsp3) is 0.267. The third kappa shape index (κ3) is 2.51. The molecule has 3 heteroatoms. The predicted octanol–water partition coefficient (Wildman–Crippen LogP) is 3.24. The van der Waals surface area contributed by atoms with Gasteiger partial charge in [-0.25, -0.2) is 4.98 Å². The van der Waals surface area contributed by atoms with Gasteiger partial charge in [0.2, 0.25) is 0 Å². The fourth-order valence-corrected chi connectivity index (χ4v) is 2.17. The van der Waals surface area contributed by atoms with Crippen molar-refractivity contribution >= 4 is 11.5 Å². The van der Waals surface area contributed by atoms with Gasteiger partial charge < -0.3 is 10.4 Å². The summed E-state index contributed by atoms with van der Waals surface area (Å²) < 4.78 is 0. The van der Waals surface area contributed by atoms with Crippen LogP contribution in [0, 0.1) is 20.8 Å². The molecule has 1 aromatic heterocycles. The Balaban J connectivity index is 2.40. The number of hydrogen-bond donors (Lipinski definition) is 2. The second-order valence-corrected chi connectivity index (χ2v) is 4.57. The van der Waals surface area contributed by atoms with Gasteiger partial charge in [-0.3, -0.25) is 0 Å². The Morgan fingerprint density at radius 1 is 1.17 bits per heavy atom. The van der Waals surface area contributed by atoms with E-state index in [0.29, 0.717) is 0 Å². The summed E-state index contributed by atoms with van der Waals surface area (Å²) in [5.41, 5.74) is 5.48. The summed E-state index contributed by atoms with van der Waals surface area (Å²) in [6.45, 7) is 6.22. The number of aliphatic hydroxyl groups is 1. The van der Waals surface area contributed by atoms with E-state index in [4.69, 9.17) is 0 Å². The smallest absolute Gasteiger partial charge is 0.135 e.